The van der Waals surface area contributed by atoms with Gasteiger partial charge in [0.15, 0.2) is 9.99 Å². The quantitative estimate of drug-likeness (QED) is 0.278. The standard InChI is InChI=1S/C24H21N5O4S2/c1-3-32-19-7-5-4-6-17(19)27-23(31)26-15-8-9-18-20(11-15)35-24(28-18)34-13-16-12-22(30)29-21(25-16)10-14(2)33-29/h4-12H,3,13H2,1-2H3,(H2,26,27,31). The van der Waals surface area contributed by atoms with Crippen LogP contribution in [0.2, 0.25) is 0 Å². The lowest BCUT2D eigenvalue weighted by Gasteiger charge is -2.12. The third kappa shape index (κ3) is 5.15. The zero-order valence-electron chi connectivity index (χ0n) is 18.9. The van der Waals surface area contributed by atoms with Crippen molar-refractivity contribution in [3.05, 3.63) is 76.4 Å². The van der Waals surface area contributed by atoms with Crippen molar-refractivity contribution in [2.45, 2.75) is 23.9 Å². The molecule has 11 heteroatoms. The maximum atomic E-state index is 12.5. The molecule has 2 amide bonds. The molecule has 0 unspecified atom stereocenters. The molecule has 0 saturated carbocycles. The summed E-state index contributed by atoms with van der Waals surface area (Å²) in [6.45, 7) is 4.17. The molecule has 0 bridgehead atoms. The number of thiazole rings is 1. The van der Waals surface area contributed by atoms with Crippen molar-refractivity contribution in [2.75, 3.05) is 17.2 Å². The summed E-state index contributed by atoms with van der Waals surface area (Å²) >= 11 is 3.02. The normalized spacial score (nSPS) is 11.1. The van der Waals surface area contributed by atoms with Gasteiger partial charge in [0, 0.05) is 23.6 Å². The summed E-state index contributed by atoms with van der Waals surface area (Å²) in [6, 6.07) is 15.7. The molecule has 0 aliphatic rings. The van der Waals surface area contributed by atoms with Gasteiger partial charge in [-0.1, -0.05) is 23.9 Å². The number of amides is 2. The topological polar surface area (TPSA) is 111 Å². The molecule has 3 aromatic heterocycles. The molecule has 0 spiro atoms. The molecule has 2 N–H and O–H groups in total. The number of aryl methyl sites for hydroxylation is 1. The summed E-state index contributed by atoms with van der Waals surface area (Å²) in [7, 11) is 0. The zero-order valence-corrected chi connectivity index (χ0v) is 20.5. The number of para-hydroxylation sites is 2. The van der Waals surface area contributed by atoms with Gasteiger partial charge in [0.05, 0.1) is 28.2 Å². The molecule has 0 fully saturated rings. The minimum absolute atomic E-state index is 0.249. The summed E-state index contributed by atoms with van der Waals surface area (Å²) in [6.07, 6.45) is 0. The number of nitrogens with one attached hydrogen (secondary N) is 2. The van der Waals surface area contributed by atoms with Gasteiger partial charge in [-0.15, -0.1) is 15.9 Å². The molecule has 178 valence electrons. The number of ether oxygens (including phenoxy) is 1. The van der Waals surface area contributed by atoms with Crippen LogP contribution >= 0.6 is 23.1 Å². The third-order valence-corrected chi connectivity index (χ3v) is 7.12. The number of carbonyl (C=O) groups is 1. The van der Waals surface area contributed by atoms with Crippen molar-refractivity contribution in [1.29, 1.82) is 0 Å². The molecular weight excluding hydrogens is 486 g/mol. The lowest BCUT2D eigenvalue weighted by Crippen LogP contribution is -2.19. The average Bonchev–Trinajstić information content (AvgIpc) is 3.41. The summed E-state index contributed by atoms with van der Waals surface area (Å²) in [4.78, 5) is 33.9. The van der Waals surface area contributed by atoms with Crippen LogP contribution in [0.5, 0.6) is 5.75 Å². The van der Waals surface area contributed by atoms with Crippen LogP contribution in [0.15, 0.2) is 68.3 Å². The molecule has 5 aromatic rings. The smallest absolute Gasteiger partial charge is 0.323 e. The predicted molar refractivity (Wildman–Crippen MR) is 138 cm³/mol. The van der Waals surface area contributed by atoms with Crippen molar-refractivity contribution >= 4 is 56.4 Å². The highest BCUT2D eigenvalue weighted by atomic mass is 32.2. The molecule has 0 aliphatic heterocycles. The van der Waals surface area contributed by atoms with Gasteiger partial charge in [0.2, 0.25) is 0 Å². The van der Waals surface area contributed by atoms with Crippen LogP contribution in [-0.2, 0) is 5.75 Å². The van der Waals surface area contributed by atoms with Crippen molar-refractivity contribution < 1.29 is 14.1 Å². The van der Waals surface area contributed by atoms with Gasteiger partial charge < -0.3 is 19.9 Å². The number of thioether (sulfide) groups is 1. The van der Waals surface area contributed by atoms with E-state index in [-0.39, 0.29) is 11.6 Å². The maximum Gasteiger partial charge on any atom is 0.323 e. The van der Waals surface area contributed by atoms with Crippen LogP contribution in [-0.4, -0.2) is 27.2 Å². The molecule has 0 aliphatic carbocycles. The first-order valence-electron chi connectivity index (χ1n) is 10.8. The van der Waals surface area contributed by atoms with E-state index in [2.05, 4.69) is 20.6 Å². The Kier molecular flexibility index (Phi) is 6.43. The van der Waals surface area contributed by atoms with E-state index in [1.165, 1.54) is 33.7 Å². The maximum absolute atomic E-state index is 12.5. The summed E-state index contributed by atoms with van der Waals surface area (Å²) < 4.78 is 13.8. The molecule has 9 nitrogen and oxygen atoms in total. The second-order valence-corrected chi connectivity index (χ2v) is 9.80. The number of hydrogen-bond acceptors (Lipinski definition) is 8. The average molecular weight is 508 g/mol. The van der Waals surface area contributed by atoms with E-state index in [4.69, 9.17) is 9.26 Å². The molecule has 0 atom stereocenters. The van der Waals surface area contributed by atoms with Crippen LogP contribution in [0.1, 0.15) is 18.4 Å². The largest absolute Gasteiger partial charge is 0.492 e. The Hall–Kier alpha value is -3.83. The van der Waals surface area contributed by atoms with Crippen LogP contribution in [0, 0.1) is 6.92 Å². The zero-order chi connectivity index (χ0) is 24.4. The number of urea groups is 1. The Morgan fingerprint density at radius 1 is 1.14 bits per heavy atom. The molecule has 3 heterocycles. The fraction of sp³-hybridized carbons (Fsp3) is 0.167. The first kappa shape index (κ1) is 22.9. The minimum atomic E-state index is -0.363. The highest BCUT2D eigenvalue weighted by molar-refractivity contribution is 8.00. The minimum Gasteiger partial charge on any atom is -0.492 e. The van der Waals surface area contributed by atoms with Gasteiger partial charge in [-0.25, -0.2) is 14.8 Å². The molecule has 0 radical (unpaired) electrons. The van der Waals surface area contributed by atoms with Crippen molar-refractivity contribution in [3.63, 3.8) is 0 Å². The number of rotatable bonds is 7. The molecule has 0 saturated heterocycles. The number of hydrogen-bond donors (Lipinski definition) is 2. The van der Waals surface area contributed by atoms with E-state index in [1.54, 1.807) is 19.1 Å². The van der Waals surface area contributed by atoms with E-state index in [0.717, 1.165) is 14.6 Å². The number of aromatic nitrogens is 3. The Morgan fingerprint density at radius 2 is 2.00 bits per heavy atom. The predicted octanol–water partition coefficient (Wildman–Crippen LogP) is 5.54. The van der Waals surface area contributed by atoms with Crippen molar-refractivity contribution in [3.8, 4) is 5.75 Å². The molecule has 2 aromatic carbocycles. The molecular formula is C24H21N5O4S2. The van der Waals surface area contributed by atoms with Gasteiger partial charge in [0.25, 0.3) is 5.56 Å². The highest BCUT2D eigenvalue weighted by Crippen LogP contribution is 2.33. The number of fused-ring (bicyclic) bond motifs is 2. The Labute approximate surface area is 208 Å². The van der Waals surface area contributed by atoms with Crippen LogP contribution < -0.4 is 20.9 Å². The Bertz CT molecular complexity index is 1590. The van der Waals surface area contributed by atoms with E-state index in [0.29, 0.717) is 46.6 Å². The number of nitrogens with zero attached hydrogens (tertiary/aromatic N) is 3. The fourth-order valence-corrected chi connectivity index (χ4v) is 5.46. The lowest BCUT2D eigenvalue weighted by atomic mass is 10.3. The molecule has 35 heavy (non-hydrogen) atoms. The van der Waals surface area contributed by atoms with Gasteiger partial charge >= 0.3 is 6.03 Å². The first-order chi connectivity index (χ1) is 17.0. The van der Waals surface area contributed by atoms with Gasteiger partial charge in [-0.2, -0.15) is 0 Å². The van der Waals surface area contributed by atoms with Crippen LogP contribution in [0.25, 0.3) is 15.9 Å². The van der Waals surface area contributed by atoms with E-state index >= 15 is 0 Å². The molecule has 5 rings (SSSR count). The lowest BCUT2D eigenvalue weighted by molar-refractivity contribution is 0.262. The van der Waals surface area contributed by atoms with Gasteiger partial charge in [0.1, 0.15) is 11.5 Å². The number of benzene rings is 2. The summed E-state index contributed by atoms with van der Waals surface area (Å²) in [5, 5.41) is 5.68. The van der Waals surface area contributed by atoms with Crippen LogP contribution in [0.4, 0.5) is 16.2 Å². The second kappa shape index (κ2) is 9.80. The van der Waals surface area contributed by atoms with E-state index < -0.39 is 0 Å². The van der Waals surface area contributed by atoms with Crippen molar-refractivity contribution in [1.82, 2.24) is 14.5 Å². The van der Waals surface area contributed by atoms with Crippen molar-refractivity contribution in [2.24, 2.45) is 0 Å². The summed E-state index contributed by atoms with van der Waals surface area (Å²) in [5.74, 6) is 1.74. The Morgan fingerprint density at radius 3 is 2.86 bits per heavy atom. The number of anilines is 2. The van der Waals surface area contributed by atoms with Crippen LogP contribution in [0.3, 0.4) is 0 Å². The SMILES string of the molecule is CCOc1ccccc1NC(=O)Nc1ccc2nc(SCc3cc(=O)n4oc(C)cc4n3)sc2c1. The summed E-state index contributed by atoms with van der Waals surface area (Å²) in [5.41, 5.74) is 2.99. The second-order valence-electron chi connectivity index (χ2n) is 7.54. The number of carbonyl (C=O) groups excluding carboxylic acids is 1. The first-order valence-corrected chi connectivity index (χ1v) is 12.6. The van der Waals surface area contributed by atoms with Gasteiger partial charge in [-0.05, 0) is 44.2 Å². The van der Waals surface area contributed by atoms with E-state index in [1.807, 2.05) is 43.3 Å². The van der Waals surface area contributed by atoms with Gasteiger partial charge in [-0.3, -0.25) is 4.79 Å². The Balaban J connectivity index is 1.26. The third-order valence-electron chi connectivity index (χ3n) is 4.93. The monoisotopic (exact) mass is 507 g/mol. The highest BCUT2D eigenvalue weighted by Gasteiger charge is 2.11. The fourth-order valence-electron chi connectivity index (χ4n) is 3.46. The van der Waals surface area contributed by atoms with E-state index in [9.17, 15) is 9.59 Å².